The van der Waals surface area contributed by atoms with Crippen molar-refractivity contribution in [1.29, 1.82) is 0 Å². The second-order valence-electron chi connectivity index (χ2n) is 4.73. The number of hydrogen-bond donors (Lipinski definition) is 1. The molecular formula is C17H18N2O2S. The van der Waals surface area contributed by atoms with Crippen LogP contribution in [0, 0.1) is 0 Å². The third kappa shape index (κ3) is 4.05. The number of nitrogens with one attached hydrogen (secondary N) is 1. The van der Waals surface area contributed by atoms with Gasteiger partial charge in [-0.25, -0.2) is 0 Å². The molecule has 2 aromatic rings. The lowest BCUT2D eigenvalue weighted by Crippen LogP contribution is -2.36. The van der Waals surface area contributed by atoms with E-state index in [1.807, 2.05) is 61.3 Å². The topological polar surface area (TPSA) is 45.5 Å². The molecule has 0 radical (unpaired) electrons. The van der Waals surface area contributed by atoms with Crippen molar-refractivity contribution in [3.63, 3.8) is 0 Å². The number of allylic oxidation sites excluding steroid dienone is 1. The molecule has 0 atom stereocenters. The molecule has 0 spiro atoms. The van der Waals surface area contributed by atoms with Crippen LogP contribution in [0.1, 0.15) is 12.7 Å². The van der Waals surface area contributed by atoms with Crippen molar-refractivity contribution in [2.24, 2.45) is 0 Å². The first-order chi connectivity index (χ1) is 10.6. The van der Waals surface area contributed by atoms with E-state index < -0.39 is 0 Å². The zero-order valence-electron chi connectivity index (χ0n) is 12.6. The lowest BCUT2D eigenvalue weighted by molar-refractivity contribution is -0.105. The molecule has 22 heavy (non-hydrogen) atoms. The van der Waals surface area contributed by atoms with Gasteiger partial charge in [-0.2, -0.15) is 0 Å². The summed E-state index contributed by atoms with van der Waals surface area (Å²) in [5.74, 6) is 1.35. The molecule has 1 aromatic carbocycles. The van der Waals surface area contributed by atoms with E-state index in [0.717, 1.165) is 24.2 Å². The first kappa shape index (κ1) is 16.0. The van der Waals surface area contributed by atoms with E-state index in [4.69, 9.17) is 16.6 Å². The minimum atomic E-state index is 0.360. The SMILES string of the molecule is CCN(C)C(=S)N/C(C=O)=C\c1ccc(-c2ccccc2)o1. The molecule has 0 aliphatic heterocycles. The monoisotopic (exact) mass is 314 g/mol. The van der Waals surface area contributed by atoms with E-state index in [9.17, 15) is 4.79 Å². The number of hydrogen-bond acceptors (Lipinski definition) is 3. The number of thiocarbonyl (C=S) groups is 1. The summed E-state index contributed by atoms with van der Waals surface area (Å²) in [6.45, 7) is 2.74. The van der Waals surface area contributed by atoms with Crippen molar-refractivity contribution in [2.75, 3.05) is 13.6 Å². The summed E-state index contributed by atoms with van der Waals surface area (Å²) >= 11 is 5.20. The summed E-state index contributed by atoms with van der Waals surface area (Å²) in [6.07, 6.45) is 2.36. The van der Waals surface area contributed by atoms with Gasteiger partial charge >= 0.3 is 0 Å². The third-order valence-corrected chi connectivity index (χ3v) is 3.60. The van der Waals surface area contributed by atoms with Gasteiger partial charge in [0.05, 0.1) is 5.70 Å². The van der Waals surface area contributed by atoms with Crippen molar-refractivity contribution < 1.29 is 9.21 Å². The van der Waals surface area contributed by atoms with Crippen LogP contribution in [0.5, 0.6) is 0 Å². The number of carbonyl (C=O) groups is 1. The zero-order chi connectivity index (χ0) is 15.9. The Kier molecular flexibility index (Phi) is 5.49. The smallest absolute Gasteiger partial charge is 0.173 e. The second kappa shape index (κ2) is 7.56. The van der Waals surface area contributed by atoms with Crippen LogP contribution < -0.4 is 5.32 Å². The number of carbonyl (C=O) groups excluding carboxylic acids is 1. The molecule has 1 heterocycles. The van der Waals surface area contributed by atoms with E-state index in [0.29, 0.717) is 16.6 Å². The second-order valence-corrected chi connectivity index (χ2v) is 5.12. The normalized spacial score (nSPS) is 11.1. The Bertz CT molecular complexity index is 677. The van der Waals surface area contributed by atoms with E-state index in [1.165, 1.54) is 0 Å². The van der Waals surface area contributed by atoms with Crippen LogP contribution in [0.15, 0.2) is 52.6 Å². The van der Waals surface area contributed by atoms with Gasteiger partial charge in [0.2, 0.25) is 0 Å². The molecule has 5 heteroatoms. The molecule has 0 amide bonds. The van der Waals surface area contributed by atoms with Crippen LogP contribution in [-0.2, 0) is 4.79 Å². The highest BCUT2D eigenvalue weighted by molar-refractivity contribution is 7.80. The van der Waals surface area contributed by atoms with Gasteiger partial charge < -0.3 is 14.6 Å². The first-order valence-corrected chi connectivity index (χ1v) is 7.39. The van der Waals surface area contributed by atoms with Crippen molar-refractivity contribution in [3.8, 4) is 11.3 Å². The summed E-state index contributed by atoms with van der Waals surface area (Å²) < 4.78 is 5.74. The van der Waals surface area contributed by atoms with Gasteiger partial charge in [-0.05, 0) is 31.3 Å². The predicted molar refractivity (Wildman–Crippen MR) is 92.2 cm³/mol. The molecule has 0 fully saturated rings. The van der Waals surface area contributed by atoms with Gasteiger partial charge in [0.15, 0.2) is 11.4 Å². The average molecular weight is 314 g/mol. The Hall–Kier alpha value is -2.40. The molecule has 1 N–H and O–H groups in total. The number of rotatable bonds is 5. The van der Waals surface area contributed by atoms with Crippen LogP contribution in [0.4, 0.5) is 0 Å². The van der Waals surface area contributed by atoms with Crippen LogP contribution in [0.3, 0.4) is 0 Å². The standard InChI is InChI=1S/C17H18N2O2S/c1-3-19(2)17(22)18-14(12-20)11-15-9-10-16(21-15)13-7-5-4-6-8-13/h4-12H,3H2,1-2H3,(H,18,22)/b14-11-. The quantitative estimate of drug-likeness (QED) is 0.521. The summed E-state index contributed by atoms with van der Waals surface area (Å²) in [5, 5.41) is 3.40. The minimum absolute atomic E-state index is 0.360. The van der Waals surface area contributed by atoms with E-state index in [2.05, 4.69) is 5.32 Å². The molecule has 0 saturated carbocycles. The molecule has 1 aromatic heterocycles. The molecular weight excluding hydrogens is 296 g/mol. The predicted octanol–water partition coefficient (Wildman–Crippen LogP) is 3.31. The maximum Gasteiger partial charge on any atom is 0.173 e. The van der Waals surface area contributed by atoms with E-state index in [1.54, 1.807) is 6.08 Å². The molecule has 0 aliphatic rings. The Morgan fingerprint density at radius 2 is 2.00 bits per heavy atom. The fraction of sp³-hybridized carbons (Fsp3) is 0.176. The maximum absolute atomic E-state index is 11.2. The van der Waals surface area contributed by atoms with Crippen molar-refractivity contribution >= 4 is 29.7 Å². The van der Waals surface area contributed by atoms with Crippen LogP contribution in [0.25, 0.3) is 17.4 Å². The third-order valence-electron chi connectivity index (χ3n) is 3.18. The lowest BCUT2D eigenvalue weighted by Gasteiger charge is -2.18. The van der Waals surface area contributed by atoms with E-state index >= 15 is 0 Å². The van der Waals surface area contributed by atoms with Gasteiger partial charge in [-0.15, -0.1) is 0 Å². The first-order valence-electron chi connectivity index (χ1n) is 6.98. The fourth-order valence-corrected chi connectivity index (χ4v) is 2.05. The molecule has 0 bridgehead atoms. The van der Waals surface area contributed by atoms with Crippen LogP contribution >= 0.6 is 12.2 Å². The largest absolute Gasteiger partial charge is 0.457 e. The Balaban J connectivity index is 2.15. The van der Waals surface area contributed by atoms with Gasteiger partial charge in [-0.3, -0.25) is 4.79 Å². The number of nitrogens with zero attached hydrogens (tertiary/aromatic N) is 1. The molecule has 114 valence electrons. The van der Waals surface area contributed by atoms with Gasteiger partial charge in [-0.1, -0.05) is 30.3 Å². The van der Waals surface area contributed by atoms with Crippen LogP contribution in [0.2, 0.25) is 0 Å². The molecule has 0 saturated heterocycles. The minimum Gasteiger partial charge on any atom is -0.457 e. The van der Waals surface area contributed by atoms with Gasteiger partial charge in [0, 0.05) is 25.2 Å². The van der Waals surface area contributed by atoms with Gasteiger partial charge in [0.1, 0.15) is 11.5 Å². The Morgan fingerprint density at radius 1 is 1.27 bits per heavy atom. The van der Waals surface area contributed by atoms with E-state index in [-0.39, 0.29) is 0 Å². The molecule has 0 unspecified atom stereocenters. The highest BCUT2D eigenvalue weighted by Crippen LogP contribution is 2.22. The fourth-order valence-electron chi connectivity index (χ4n) is 1.80. The maximum atomic E-state index is 11.2. The highest BCUT2D eigenvalue weighted by atomic mass is 32.1. The highest BCUT2D eigenvalue weighted by Gasteiger charge is 2.07. The van der Waals surface area contributed by atoms with Crippen molar-refractivity contribution in [3.05, 3.63) is 53.9 Å². The Labute approximate surface area is 135 Å². The summed E-state index contributed by atoms with van der Waals surface area (Å²) in [7, 11) is 1.86. The summed E-state index contributed by atoms with van der Waals surface area (Å²) in [4.78, 5) is 13.0. The van der Waals surface area contributed by atoms with Crippen LogP contribution in [-0.4, -0.2) is 29.9 Å². The number of furan rings is 1. The molecule has 4 nitrogen and oxygen atoms in total. The number of aldehydes is 1. The summed E-state index contributed by atoms with van der Waals surface area (Å²) in [5.41, 5.74) is 1.35. The average Bonchev–Trinajstić information content (AvgIpc) is 3.02. The lowest BCUT2D eigenvalue weighted by atomic mass is 10.2. The zero-order valence-corrected chi connectivity index (χ0v) is 13.4. The van der Waals surface area contributed by atoms with Crippen molar-refractivity contribution in [1.82, 2.24) is 10.2 Å². The van der Waals surface area contributed by atoms with Gasteiger partial charge in [0.25, 0.3) is 0 Å². The number of benzene rings is 1. The Morgan fingerprint density at radius 3 is 2.64 bits per heavy atom. The molecule has 0 aliphatic carbocycles. The summed E-state index contributed by atoms with van der Waals surface area (Å²) in [6, 6.07) is 13.5. The molecule has 2 rings (SSSR count). The van der Waals surface area contributed by atoms with Crippen molar-refractivity contribution in [2.45, 2.75) is 6.92 Å².